The Morgan fingerprint density at radius 3 is 2.71 bits per heavy atom. The summed E-state index contributed by atoms with van der Waals surface area (Å²) in [7, 11) is 0. The Bertz CT molecular complexity index is 796. The topological polar surface area (TPSA) is 17.8 Å². The predicted octanol–water partition coefficient (Wildman–Crippen LogP) is 5.61. The van der Waals surface area contributed by atoms with E-state index in [1.807, 2.05) is 48.5 Å². The van der Waals surface area contributed by atoms with Gasteiger partial charge in [0, 0.05) is 10.8 Å². The first kappa shape index (κ1) is 14.8. The number of thioether (sulfide) groups is 1. The molecule has 6 heteroatoms. The lowest BCUT2D eigenvalue weighted by molar-refractivity contribution is 0.829. The van der Waals surface area contributed by atoms with Crippen molar-refractivity contribution in [3.8, 4) is 5.69 Å². The van der Waals surface area contributed by atoms with Crippen LogP contribution in [0.2, 0.25) is 5.02 Å². The zero-order chi connectivity index (χ0) is 14.7. The molecule has 3 rings (SSSR count). The van der Waals surface area contributed by atoms with Crippen molar-refractivity contribution in [3.05, 3.63) is 69.1 Å². The van der Waals surface area contributed by atoms with E-state index in [-0.39, 0.29) is 0 Å². The maximum atomic E-state index is 5.99. The molecule has 0 aliphatic carbocycles. The molecule has 1 heterocycles. The van der Waals surface area contributed by atoms with E-state index < -0.39 is 0 Å². The highest BCUT2D eigenvalue weighted by atomic mass is 35.5. The Hall–Kier alpha value is -1.14. The number of aromatic nitrogens is 2. The fraction of sp³-hybridized carbons (Fsp3) is 0.0667. The average Bonchev–Trinajstić information content (AvgIpc) is 2.87. The van der Waals surface area contributed by atoms with E-state index in [9.17, 15) is 0 Å². The molecule has 0 atom stereocenters. The van der Waals surface area contributed by atoms with Crippen molar-refractivity contribution in [3.63, 3.8) is 0 Å². The number of rotatable bonds is 4. The number of hydrogen-bond donors (Lipinski definition) is 0. The molecule has 0 N–H and O–H groups in total. The molecule has 0 radical (unpaired) electrons. The minimum absolute atomic E-state index is 0.759. The van der Waals surface area contributed by atoms with Gasteiger partial charge >= 0.3 is 0 Å². The fourth-order valence-electron chi connectivity index (χ4n) is 1.82. The molecule has 2 nitrogen and oxygen atoms in total. The van der Waals surface area contributed by atoms with Crippen LogP contribution in [0, 0.1) is 3.95 Å². The molecule has 0 amide bonds. The van der Waals surface area contributed by atoms with Gasteiger partial charge in [0.2, 0.25) is 0 Å². The molecule has 2 aromatic carbocycles. The normalized spacial score (nSPS) is 10.7. The first-order valence-electron chi connectivity index (χ1n) is 6.25. The van der Waals surface area contributed by atoms with Gasteiger partial charge in [0.15, 0.2) is 8.29 Å². The molecule has 1 aromatic heterocycles. The standard InChI is InChI=1S/C15H11ClN2S3/c16-12-6-4-5-11(9-12)10-20-14-17-18(15(19)21-14)13-7-2-1-3-8-13/h1-9H,10H2. The Morgan fingerprint density at radius 1 is 1.14 bits per heavy atom. The van der Waals surface area contributed by atoms with Crippen LogP contribution < -0.4 is 0 Å². The van der Waals surface area contributed by atoms with Gasteiger partial charge in [0.05, 0.1) is 5.69 Å². The number of hydrogen-bond acceptors (Lipinski definition) is 4. The molecule has 0 bridgehead atoms. The summed E-state index contributed by atoms with van der Waals surface area (Å²) in [4.78, 5) is 0. The Kier molecular flexibility index (Phi) is 4.75. The third-order valence-corrected chi connectivity index (χ3v) is 5.45. The van der Waals surface area contributed by atoms with Crippen LogP contribution in [0.1, 0.15) is 5.56 Å². The largest absolute Gasteiger partial charge is 0.211 e. The molecule has 0 saturated heterocycles. The lowest BCUT2D eigenvalue weighted by Crippen LogP contribution is -1.95. The molecular formula is C15H11ClN2S3. The molecule has 0 unspecified atom stereocenters. The summed E-state index contributed by atoms with van der Waals surface area (Å²) in [5.41, 5.74) is 2.17. The summed E-state index contributed by atoms with van der Waals surface area (Å²) in [6.07, 6.45) is 0. The van der Waals surface area contributed by atoms with E-state index in [1.54, 1.807) is 16.4 Å². The summed E-state index contributed by atoms with van der Waals surface area (Å²) < 4.78 is 3.53. The van der Waals surface area contributed by atoms with Crippen molar-refractivity contribution in [1.82, 2.24) is 9.78 Å². The minimum atomic E-state index is 0.759. The van der Waals surface area contributed by atoms with Crippen molar-refractivity contribution >= 4 is 46.9 Å². The van der Waals surface area contributed by atoms with Crippen molar-refractivity contribution < 1.29 is 0 Å². The van der Waals surface area contributed by atoms with Crippen LogP contribution >= 0.6 is 46.9 Å². The van der Waals surface area contributed by atoms with Crippen LogP contribution in [0.15, 0.2) is 58.9 Å². The van der Waals surface area contributed by atoms with E-state index in [4.69, 9.17) is 23.8 Å². The quantitative estimate of drug-likeness (QED) is 0.450. The van der Waals surface area contributed by atoms with Crippen LogP contribution in [0.5, 0.6) is 0 Å². The number of nitrogens with zero attached hydrogens (tertiary/aromatic N) is 2. The first-order valence-corrected chi connectivity index (χ1v) is 8.84. The molecule has 0 aliphatic heterocycles. The molecule has 0 saturated carbocycles. The number of para-hydroxylation sites is 1. The zero-order valence-corrected chi connectivity index (χ0v) is 14.1. The van der Waals surface area contributed by atoms with Gasteiger partial charge in [-0.2, -0.15) is 0 Å². The molecule has 3 aromatic rings. The van der Waals surface area contributed by atoms with E-state index in [0.29, 0.717) is 0 Å². The van der Waals surface area contributed by atoms with Gasteiger partial charge < -0.3 is 0 Å². The highest BCUT2D eigenvalue weighted by Gasteiger charge is 2.06. The third kappa shape index (κ3) is 3.74. The molecule has 106 valence electrons. The van der Waals surface area contributed by atoms with Crippen LogP contribution in [-0.4, -0.2) is 9.78 Å². The summed E-state index contributed by atoms with van der Waals surface area (Å²) in [5.74, 6) is 0.831. The van der Waals surface area contributed by atoms with Gasteiger partial charge in [-0.3, -0.25) is 0 Å². The smallest absolute Gasteiger partial charge is 0.184 e. The van der Waals surface area contributed by atoms with Gasteiger partial charge in [-0.25, -0.2) is 4.68 Å². The summed E-state index contributed by atoms with van der Waals surface area (Å²) in [5, 5.41) is 5.34. The lowest BCUT2D eigenvalue weighted by atomic mass is 10.2. The maximum absolute atomic E-state index is 5.99. The van der Waals surface area contributed by atoms with Gasteiger partial charge in [0.25, 0.3) is 0 Å². The molecular weight excluding hydrogens is 340 g/mol. The van der Waals surface area contributed by atoms with Crippen molar-refractivity contribution in [2.45, 2.75) is 10.1 Å². The van der Waals surface area contributed by atoms with Crippen molar-refractivity contribution in [2.75, 3.05) is 0 Å². The zero-order valence-electron chi connectivity index (χ0n) is 10.9. The lowest BCUT2D eigenvalue weighted by Gasteiger charge is -2.00. The maximum Gasteiger partial charge on any atom is 0.184 e. The Morgan fingerprint density at radius 2 is 1.95 bits per heavy atom. The Balaban J connectivity index is 1.77. The van der Waals surface area contributed by atoms with Crippen LogP contribution in [0.4, 0.5) is 0 Å². The number of benzene rings is 2. The highest BCUT2D eigenvalue weighted by molar-refractivity contribution is 8.00. The monoisotopic (exact) mass is 350 g/mol. The predicted molar refractivity (Wildman–Crippen MR) is 93.3 cm³/mol. The molecule has 21 heavy (non-hydrogen) atoms. The van der Waals surface area contributed by atoms with Crippen LogP contribution in [-0.2, 0) is 5.75 Å². The average molecular weight is 351 g/mol. The fourth-order valence-corrected chi connectivity index (χ4v) is 4.34. The Labute approximate surface area is 141 Å². The SMILES string of the molecule is S=c1sc(SCc2cccc(Cl)c2)nn1-c1ccccc1. The van der Waals surface area contributed by atoms with Gasteiger partial charge in [-0.15, -0.1) is 5.10 Å². The van der Waals surface area contributed by atoms with Crippen molar-refractivity contribution in [1.29, 1.82) is 0 Å². The summed E-state index contributed by atoms with van der Waals surface area (Å²) in [6, 6.07) is 17.8. The summed E-state index contributed by atoms with van der Waals surface area (Å²) in [6.45, 7) is 0. The first-order chi connectivity index (χ1) is 10.2. The second-order valence-corrected chi connectivity index (χ2v) is 7.58. The van der Waals surface area contributed by atoms with Crippen LogP contribution in [0.3, 0.4) is 0 Å². The van der Waals surface area contributed by atoms with Gasteiger partial charge in [-0.1, -0.05) is 65.0 Å². The van der Waals surface area contributed by atoms with Crippen molar-refractivity contribution in [2.24, 2.45) is 0 Å². The second-order valence-electron chi connectivity index (χ2n) is 4.30. The minimum Gasteiger partial charge on any atom is -0.211 e. The second kappa shape index (κ2) is 6.75. The highest BCUT2D eigenvalue weighted by Crippen LogP contribution is 2.27. The summed E-state index contributed by atoms with van der Waals surface area (Å²) >= 11 is 14.6. The van der Waals surface area contributed by atoms with E-state index in [1.165, 1.54) is 16.9 Å². The third-order valence-electron chi connectivity index (χ3n) is 2.78. The van der Waals surface area contributed by atoms with E-state index in [2.05, 4.69) is 11.2 Å². The van der Waals surface area contributed by atoms with E-state index >= 15 is 0 Å². The van der Waals surface area contributed by atoms with Gasteiger partial charge in [0.1, 0.15) is 0 Å². The van der Waals surface area contributed by atoms with Gasteiger partial charge in [-0.05, 0) is 42.0 Å². The number of halogens is 1. The molecule has 0 fully saturated rings. The molecule has 0 spiro atoms. The van der Waals surface area contributed by atoms with Crippen LogP contribution in [0.25, 0.3) is 5.69 Å². The van der Waals surface area contributed by atoms with E-state index in [0.717, 1.165) is 24.8 Å². The molecule has 0 aliphatic rings.